The van der Waals surface area contributed by atoms with Crippen molar-refractivity contribution in [2.24, 2.45) is 0 Å². The van der Waals surface area contributed by atoms with Gasteiger partial charge in [0.25, 0.3) is 5.91 Å². The van der Waals surface area contributed by atoms with E-state index in [1.807, 2.05) is 30.3 Å². The number of rotatable bonds is 3. The van der Waals surface area contributed by atoms with Gasteiger partial charge in [-0.3, -0.25) is 9.36 Å². The molecule has 0 amide bonds. The Balaban J connectivity index is 1.73. The second-order valence-corrected chi connectivity index (χ2v) is 7.67. The SMILES string of the molecule is COc1ccc(C(=O)n2c(-c3cc4ccccc4s3)nc3cc(F)ccc32)cc1. The number of nitrogens with zero attached hydrogens (tertiary/aromatic N) is 2. The van der Waals surface area contributed by atoms with Crippen LogP contribution in [-0.2, 0) is 0 Å². The van der Waals surface area contributed by atoms with Crippen molar-refractivity contribution in [1.29, 1.82) is 0 Å². The van der Waals surface area contributed by atoms with Crippen LogP contribution in [0, 0.1) is 5.82 Å². The highest BCUT2D eigenvalue weighted by Gasteiger charge is 2.21. The fraction of sp³-hybridized carbons (Fsp3) is 0.0435. The van der Waals surface area contributed by atoms with Gasteiger partial charge >= 0.3 is 0 Å². The molecule has 5 aromatic rings. The maximum absolute atomic E-state index is 13.8. The second kappa shape index (κ2) is 6.83. The molecule has 0 aliphatic heterocycles. The Morgan fingerprint density at radius 1 is 1.03 bits per heavy atom. The zero-order chi connectivity index (χ0) is 20.0. The molecule has 29 heavy (non-hydrogen) atoms. The van der Waals surface area contributed by atoms with E-state index in [9.17, 15) is 9.18 Å². The van der Waals surface area contributed by atoms with E-state index < -0.39 is 0 Å². The highest BCUT2D eigenvalue weighted by Crippen LogP contribution is 2.35. The van der Waals surface area contributed by atoms with Crippen molar-refractivity contribution in [3.05, 3.63) is 84.2 Å². The zero-order valence-electron chi connectivity index (χ0n) is 15.4. The monoisotopic (exact) mass is 402 g/mol. The van der Waals surface area contributed by atoms with E-state index in [0.717, 1.165) is 15.0 Å². The Labute approximate surface area is 169 Å². The average molecular weight is 402 g/mol. The van der Waals surface area contributed by atoms with Crippen LogP contribution in [0.25, 0.3) is 31.8 Å². The van der Waals surface area contributed by atoms with Crippen LogP contribution in [0.5, 0.6) is 5.75 Å². The molecule has 0 aliphatic carbocycles. The van der Waals surface area contributed by atoms with Gasteiger partial charge in [0.05, 0.1) is 23.0 Å². The third-order valence-corrected chi connectivity index (χ3v) is 5.91. The van der Waals surface area contributed by atoms with Gasteiger partial charge in [0.1, 0.15) is 11.6 Å². The number of methoxy groups -OCH3 is 1. The maximum atomic E-state index is 13.8. The summed E-state index contributed by atoms with van der Waals surface area (Å²) in [4.78, 5) is 18.9. The molecular weight excluding hydrogens is 387 g/mol. The van der Waals surface area contributed by atoms with Gasteiger partial charge < -0.3 is 4.74 Å². The van der Waals surface area contributed by atoms with Crippen molar-refractivity contribution in [2.45, 2.75) is 0 Å². The number of carbonyl (C=O) groups excluding carboxylic acids is 1. The van der Waals surface area contributed by atoms with Crippen molar-refractivity contribution in [3.63, 3.8) is 0 Å². The summed E-state index contributed by atoms with van der Waals surface area (Å²) < 4.78 is 21.6. The quantitative estimate of drug-likeness (QED) is 0.386. The molecule has 0 saturated heterocycles. The van der Waals surface area contributed by atoms with Crippen LogP contribution in [0.2, 0.25) is 0 Å². The Bertz CT molecular complexity index is 1340. The molecule has 0 spiro atoms. The van der Waals surface area contributed by atoms with Crippen LogP contribution in [0.1, 0.15) is 10.4 Å². The molecule has 4 nitrogen and oxygen atoms in total. The largest absolute Gasteiger partial charge is 0.497 e. The number of benzene rings is 3. The molecule has 0 unspecified atom stereocenters. The molecule has 0 bridgehead atoms. The number of fused-ring (bicyclic) bond motifs is 2. The minimum absolute atomic E-state index is 0.228. The third kappa shape index (κ3) is 2.98. The second-order valence-electron chi connectivity index (χ2n) is 6.59. The van der Waals surface area contributed by atoms with Crippen LogP contribution in [0.4, 0.5) is 4.39 Å². The number of thiophene rings is 1. The topological polar surface area (TPSA) is 44.1 Å². The van der Waals surface area contributed by atoms with Crippen LogP contribution in [0.15, 0.2) is 72.8 Å². The first-order chi connectivity index (χ1) is 14.1. The van der Waals surface area contributed by atoms with Gasteiger partial charge in [-0.1, -0.05) is 18.2 Å². The van der Waals surface area contributed by atoms with E-state index in [4.69, 9.17) is 4.74 Å². The van der Waals surface area contributed by atoms with Crippen LogP contribution in [0.3, 0.4) is 0 Å². The number of imidazole rings is 1. The first kappa shape index (κ1) is 17.6. The van der Waals surface area contributed by atoms with E-state index in [1.165, 1.54) is 12.1 Å². The summed E-state index contributed by atoms with van der Waals surface area (Å²) in [5.74, 6) is 0.563. The Kier molecular flexibility index (Phi) is 4.14. The normalized spacial score (nSPS) is 11.2. The third-order valence-electron chi connectivity index (χ3n) is 4.80. The van der Waals surface area contributed by atoms with E-state index in [-0.39, 0.29) is 11.7 Å². The zero-order valence-corrected chi connectivity index (χ0v) is 16.2. The molecular formula is C23H15FN2O2S. The number of carbonyl (C=O) groups is 1. The standard InChI is InChI=1S/C23H15FN2O2S/c1-28-17-9-6-14(7-10-17)23(27)26-19-11-8-16(24)13-18(19)25-22(26)21-12-15-4-2-3-5-20(15)29-21/h2-13H,1H3. The number of hydrogen-bond acceptors (Lipinski definition) is 4. The van der Waals surface area contributed by atoms with E-state index in [2.05, 4.69) is 4.98 Å². The predicted octanol–water partition coefficient (Wildman–Crippen LogP) is 5.75. The molecule has 2 aromatic heterocycles. The van der Waals surface area contributed by atoms with Crippen LogP contribution >= 0.6 is 11.3 Å². The van der Waals surface area contributed by atoms with Gasteiger partial charge in [-0.25, -0.2) is 9.37 Å². The van der Waals surface area contributed by atoms with Crippen molar-refractivity contribution in [1.82, 2.24) is 9.55 Å². The van der Waals surface area contributed by atoms with Gasteiger partial charge in [-0.15, -0.1) is 11.3 Å². The Morgan fingerprint density at radius 3 is 2.59 bits per heavy atom. The molecule has 0 atom stereocenters. The summed E-state index contributed by atoms with van der Waals surface area (Å²) in [5.41, 5.74) is 1.51. The molecule has 3 aromatic carbocycles. The first-order valence-corrected chi connectivity index (χ1v) is 9.81. The number of aromatic nitrogens is 2. The maximum Gasteiger partial charge on any atom is 0.264 e. The Hall–Kier alpha value is -3.51. The van der Waals surface area contributed by atoms with Gasteiger partial charge in [-0.2, -0.15) is 0 Å². The summed E-state index contributed by atoms with van der Waals surface area (Å²) in [6, 6.07) is 21.2. The minimum Gasteiger partial charge on any atom is -0.497 e. The van der Waals surface area contributed by atoms with Gasteiger partial charge in [-0.05, 0) is 53.9 Å². The fourth-order valence-electron chi connectivity index (χ4n) is 3.38. The van der Waals surface area contributed by atoms with Gasteiger partial charge in [0.2, 0.25) is 0 Å². The average Bonchev–Trinajstić information content (AvgIpc) is 3.34. The van der Waals surface area contributed by atoms with Crippen LogP contribution in [-0.4, -0.2) is 22.6 Å². The first-order valence-electron chi connectivity index (χ1n) is 9.00. The molecule has 142 valence electrons. The molecule has 0 radical (unpaired) electrons. The lowest BCUT2D eigenvalue weighted by Gasteiger charge is -2.08. The van der Waals surface area contributed by atoms with E-state index in [0.29, 0.717) is 28.2 Å². The molecule has 0 aliphatic rings. The highest BCUT2D eigenvalue weighted by molar-refractivity contribution is 7.22. The summed E-state index contributed by atoms with van der Waals surface area (Å²) in [7, 11) is 1.58. The molecule has 6 heteroatoms. The highest BCUT2D eigenvalue weighted by atomic mass is 32.1. The Morgan fingerprint density at radius 2 is 1.83 bits per heavy atom. The number of halogens is 1. The number of ether oxygens (including phenoxy) is 1. The summed E-state index contributed by atoms with van der Waals surface area (Å²) in [5, 5.41) is 1.08. The minimum atomic E-state index is -0.387. The van der Waals surface area contributed by atoms with Crippen molar-refractivity contribution < 1.29 is 13.9 Å². The molecule has 0 fully saturated rings. The van der Waals surface area contributed by atoms with E-state index in [1.54, 1.807) is 53.3 Å². The van der Waals surface area contributed by atoms with Crippen molar-refractivity contribution >= 4 is 38.4 Å². The molecule has 2 heterocycles. The lowest BCUT2D eigenvalue weighted by atomic mass is 10.2. The van der Waals surface area contributed by atoms with Crippen molar-refractivity contribution in [3.8, 4) is 16.5 Å². The van der Waals surface area contributed by atoms with Gasteiger partial charge in [0, 0.05) is 16.3 Å². The lowest BCUT2D eigenvalue weighted by molar-refractivity contribution is 0.0966. The van der Waals surface area contributed by atoms with Crippen LogP contribution < -0.4 is 4.74 Å². The molecule has 5 rings (SSSR count). The summed E-state index contributed by atoms with van der Waals surface area (Å²) in [6.45, 7) is 0. The van der Waals surface area contributed by atoms with E-state index >= 15 is 0 Å². The number of hydrogen-bond donors (Lipinski definition) is 0. The lowest BCUT2D eigenvalue weighted by Crippen LogP contribution is -2.13. The van der Waals surface area contributed by atoms with Crippen molar-refractivity contribution in [2.75, 3.05) is 7.11 Å². The smallest absolute Gasteiger partial charge is 0.264 e. The summed E-state index contributed by atoms with van der Waals surface area (Å²) >= 11 is 1.55. The fourth-order valence-corrected chi connectivity index (χ4v) is 4.42. The molecule has 0 saturated carbocycles. The predicted molar refractivity (Wildman–Crippen MR) is 113 cm³/mol. The molecule has 0 N–H and O–H groups in total. The van der Waals surface area contributed by atoms with Gasteiger partial charge in [0.15, 0.2) is 5.82 Å². The summed E-state index contributed by atoms with van der Waals surface area (Å²) in [6.07, 6.45) is 0.